The lowest BCUT2D eigenvalue weighted by Gasteiger charge is -2.46. The lowest BCUT2D eigenvalue weighted by molar-refractivity contribution is 0.153. The Labute approximate surface area is 145 Å². The normalized spacial score (nSPS) is 24.7. The molecule has 3 unspecified atom stereocenters. The number of phenolic OH excluding ortho intramolecular Hbond substituents is 2. The molecule has 0 amide bonds. The van der Waals surface area contributed by atoms with Gasteiger partial charge in [-0.1, -0.05) is 63.9 Å². The molecule has 1 saturated carbocycles. The van der Waals surface area contributed by atoms with E-state index < -0.39 is 0 Å². The van der Waals surface area contributed by atoms with Crippen LogP contribution in [0.15, 0.2) is 48.5 Å². The van der Waals surface area contributed by atoms with Crippen molar-refractivity contribution in [3.8, 4) is 11.5 Å². The highest BCUT2D eigenvalue weighted by molar-refractivity contribution is 5.40. The van der Waals surface area contributed by atoms with Gasteiger partial charge in [0.15, 0.2) is 0 Å². The number of benzene rings is 2. The van der Waals surface area contributed by atoms with Crippen LogP contribution in [-0.4, -0.2) is 10.2 Å². The molecule has 2 nitrogen and oxygen atoms in total. The number of phenols is 2. The second-order valence-electron chi connectivity index (χ2n) is 7.87. The van der Waals surface area contributed by atoms with E-state index in [9.17, 15) is 10.2 Å². The molecular weight excluding hydrogens is 296 g/mol. The summed E-state index contributed by atoms with van der Waals surface area (Å²) in [5.74, 6) is 2.20. The first-order valence-electron chi connectivity index (χ1n) is 8.98. The largest absolute Gasteiger partial charge is 0.508 e. The average molecular weight is 324 g/mol. The molecule has 2 aromatic rings. The van der Waals surface area contributed by atoms with Crippen molar-refractivity contribution in [3.63, 3.8) is 0 Å². The van der Waals surface area contributed by atoms with Gasteiger partial charge in [-0.05, 0) is 58.9 Å². The fraction of sp³-hybridized carbons (Fsp3) is 0.455. The molecule has 2 aromatic carbocycles. The zero-order chi connectivity index (χ0) is 17.3. The third kappa shape index (κ3) is 3.02. The number of hydrogen-bond donors (Lipinski definition) is 2. The Balaban J connectivity index is 2.02. The van der Waals surface area contributed by atoms with Crippen LogP contribution in [0.5, 0.6) is 11.5 Å². The van der Waals surface area contributed by atoms with Crippen LogP contribution >= 0.6 is 0 Å². The molecule has 1 fully saturated rings. The summed E-state index contributed by atoms with van der Waals surface area (Å²) in [5, 5.41) is 20.0. The van der Waals surface area contributed by atoms with Crippen LogP contribution < -0.4 is 0 Å². The fourth-order valence-electron chi connectivity index (χ4n) is 4.70. The summed E-state index contributed by atoms with van der Waals surface area (Å²) in [7, 11) is 0. The van der Waals surface area contributed by atoms with Crippen molar-refractivity contribution in [2.24, 2.45) is 11.8 Å². The van der Waals surface area contributed by atoms with Gasteiger partial charge in [0.05, 0.1) is 0 Å². The molecule has 24 heavy (non-hydrogen) atoms. The predicted octanol–water partition coefficient (Wildman–Crippen LogP) is 5.60. The monoisotopic (exact) mass is 324 g/mol. The minimum Gasteiger partial charge on any atom is -0.508 e. The topological polar surface area (TPSA) is 40.5 Å². The molecule has 1 aliphatic carbocycles. The van der Waals surface area contributed by atoms with Gasteiger partial charge in [0, 0.05) is 0 Å². The van der Waals surface area contributed by atoms with E-state index in [-0.39, 0.29) is 5.41 Å². The molecule has 0 heterocycles. The van der Waals surface area contributed by atoms with Crippen molar-refractivity contribution < 1.29 is 10.2 Å². The standard InChI is InChI=1S/C22H28O2/c1-15-7-6-9-19(21(15)16-11-13-17(23)14-12-16)22(2,3)18-8-4-5-10-20(18)24/h4-5,8,10-15,19,21,23-24H,6-7,9H2,1-3H3. The highest BCUT2D eigenvalue weighted by Crippen LogP contribution is 2.52. The van der Waals surface area contributed by atoms with E-state index in [4.69, 9.17) is 0 Å². The van der Waals surface area contributed by atoms with Gasteiger partial charge in [0.25, 0.3) is 0 Å². The van der Waals surface area contributed by atoms with Gasteiger partial charge in [-0.2, -0.15) is 0 Å². The quantitative estimate of drug-likeness (QED) is 0.772. The third-order valence-electron chi connectivity index (χ3n) is 6.02. The van der Waals surface area contributed by atoms with Gasteiger partial charge in [0.1, 0.15) is 11.5 Å². The van der Waals surface area contributed by atoms with Crippen molar-refractivity contribution in [2.45, 2.75) is 51.4 Å². The fourth-order valence-corrected chi connectivity index (χ4v) is 4.70. The van der Waals surface area contributed by atoms with Crippen molar-refractivity contribution >= 4 is 0 Å². The third-order valence-corrected chi connectivity index (χ3v) is 6.02. The Morgan fingerprint density at radius 3 is 2.25 bits per heavy atom. The first-order valence-corrected chi connectivity index (χ1v) is 8.98. The molecule has 0 aromatic heterocycles. The summed E-state index contributed by atoms with van der Waals surface area (Å²) in [6, 6.07) is 15.5. The molecule has 0 aliphatic heterocycles. The first-order chi connectivity index (χ1) is 11.4. The lowest BCUT2D eigenvalue weighted by Crippen LogP contribution is -2.38. The summed E-state index contributed by atoms with van der Waals surface area (Å²) >= 11 is 0. The number of para-hydroxylation sites is 1. The summed E-state index contributed by atoms with van der Waals surface area (Å²) in [6.45, 7) is 6.86. The minimum absolute atomic E-state index is 0.109. The maximum atomic E-state index is 10.4. The van der Waals surface area contributed by atoms with Crippen LogP contribution in [0.3, 0.4) is 0 Å². The van der Waals surface area contributed by atoms with Crippen LogP contribution in [0.1, 0.15) is 57.1 Å². The molecule has 0 saturated heterocycles. The average Bonchev–Trinajstić information content (AvgIpc) is 2.56. The smallest absolute Gasteiger partial charge is 0.119 e. The van der Waals surface area contributed by atoms with Gasteiger partial charge < -0.3 is 10.2 Å². The summed E-state index contributed by atoms with van der Waals surface area (Å²) in [5.41, 5.74) is 2.23. The van der Waals surface area contributed by atoms with E-state index >= 15 is 0 Å². The zero-order valence-electron chi connectivity index (χ0n) is 14.9. The van der Waals surface area contributed by atoms with Gasteiger partial charge >= 0.3 is 0 Å². The number of hydrogen-bond acceptors (Lipinski definition) is 2. The second kappa shape index (κ2) is 6.51. The van der Waals surface area contributed by atoms with E-state index in [1.165, 1.54) is 18.4 Å². The van der Waals surface area contributed by atoms with Crippen molar-refractivity contribution in [1.82, 2.24) is 0 Å². The van der Waals surface area contributed by atoms with Crippen LogP contribution in [0, 0.1) is 11.8 Å². The molecule has 128 valence electrons. The number of rotatable bonds is 3. The highest BCUT2D eigenvalue weighted by Gasteiger charge is 2.42. The summed E-state index contributed by atoms with van der Waals surface area (Å²) < 4.78 is 0. The molecule has 1 aliphatic rings. The van der Waals surface area contributed by atoms with E-state index in [0.717, 1.165) is 12.0 Å². The molecule has 0 bridgehead atoms. The number of aromatic hydroxyl groups is 2. The maximum Gasteiger partial charge on any atom is 0.119 e. The SMILES string of the molecule is CC1CCCC(C(C)(C)c2ccccc2O)C1c1ccc(O)cc1. The molecular formula is C22H28O2. The Hall–Kier alpha value is -1.96. The Morgan fingerprint density at radius 2 is 1.58 bits per heavy atom. The van der Waals surface area contributed by atoms with Gasteiger partial charge in [-0.25, -0.2) is 0 Å². The molecule has 3 rings (SSSR count). The predicted molar refractivity (Wildman–Crippen MR) is 98.5 cm³/mol. The van der Waals surface area contributed by atoms with E-state index in [0.29, 0.717) is 29.3 Å². The molecule has 0 spiro atoms. The summed E-state index contributed by atoms with van der Waals surface area (Å²) in [6.07, 6.45) is 3.63. The van der Waals surface area contributed by atoms with E-state index in [1.54, 1.807) is 18.2 Å². The Kier molecular flexibility index (Phi) is 4.58. The van der Waals surface area contributed by atoms with Crippen LogP contribution in [-0.2, 0) is 5.41 Å². The van der Waals surface area contributed by atoms with Crippen LogP contribution in [0.4, 0.5) is 0 Å². The van der Waals surface area contributed by atoms with Crippen molar-refractivity contribution in [2.75, 3.05) is 0 Å². The Bertz CT molecular complexity index is 687. The maximum absolute atomic E-state index is 10.4. The first kappa shape index (κ1) is 16.9. The molecule has 2 N–H and O–H groups in total. The summed E-state index contributed by atoms with van der Waals surface area (Å²) in [4.78, 5) is 0. The Morgan fingerprint density at radius 1 is 0.917 bits per heavy atom. The lowest BCUT2D eigenvalue weighted by atomic mass is 9.58. The van der Waals surface area contributed by atoms with Gasteiger partial charge in [-0.15, -0.1) is 0 Å². The molecule has 0 radical (unpaired) electrons. The molecule has 3 atom stereocenters. The highest BCUT2D eigenvalue weighted by atomic mass is 16.3. The van der Waals surface area contributed by atoms with Gasteiger partial charge in [0.2, 0.25) is 0 Å². The van der Waals surface area contributed by atoms with E-state index in [2.05, 4.69) is 39.0 Å². The van der Waals surface area contributed by atoms with Crippen LogP contribution in [0.25, 0.3) is 0 Å². The van der Waals surface area contributed by atoms with Crippen LogP contribution in [0.2, 0.25) is 0 Å². The zero-order valence-corrected chi connectivity index (χ0v) is 14.9. The van der Waals surface area contributed by atoms with E-state index in [1.807, 2.05) is 12.1 Å². The van der Waals surface area contributed by atoms with Gasteiger partial charge in [-0.3, -0.25) is 0 Å². The minimum atomic E-state index is -0.109. The molecule has 2 heteroatoms. The second-order valence-corrected chi connectivity index (χ2v) is 7.87. The van der Waals surface area contributed by atoms with Crippen molar-refractivity contribution in [3.05, 3.63) is 59.7 Å². The van der Waals surface area contributed by atoms with Crippen molar-refractivity contribution in [1.29, 1.82) is 0 Å².